The standard InChI is InChI=1S/C8H7Cl2NO2.ClH/c9-5-3-4(1-2-6(5)12)7(11)8(10)13;/h1-3,7,12H,11H2;1H. The maximum atomic E-state index is 10.7. The molecule has 0 amide bonds. The largest absolute Gasteiger partial charge is 1.00 e. The highest BCUT2D eigenvalue weighted by molar-refractivity contribution is 6.64. The van der Waals surface area contributed by atoms with Crippen LogP contribution in [0.15, 0.2) is 18.2 Å². The second-order valence-electron chi connectivity index (χ2n) is 2.57. The molecule has 6 heteroatoms. The highest BCUT2D eigenvalue weighted by Crippen LogP contribution is 2.25. The number of carbonyl (C=O) groups excluding carboxylic acids is 1. The quantitative estimate of drug-likeness (QED) is 0.607. The Balaban J connectivity index is 0.00000169. The van der Waals surface area contributed by atoms with Crippen LogP contribution in [0.3, 0.4) is 0 Å². The molecule has 0 saturated heterocycles. The molecule has 1 aromatic carbocycles. The van der Waals surface area contributed by atoms with E-state index >= 15 is 0 Å². The fourth-order valence-corrected chi connectivity index (χ4v) is 1.19. The predicted octanol–water partition coefficient (Wildman–Crippen LogP) is -1.90. The van der Waals surface area contributed by atoms with Crippen molar-refractivity contribution in [1.82, 2.24) is 0 Å². The lowest BCUT2D eigenvalue weighted by atomic mass is 10.1. The van der Waals surface area contributed by atoms with E-state index in [9.17, 15) is 4.79 Å². The highest BCUT2D eigenvalue weighted by atomic mass is 35.5. The fourth-order valence-electron chi connectivity index (χ4n) is 0.871. The molecule has 0 aliphatic carbocycles. The number of carbonyl (C=O) groups is 1. The van der Waals surface area contributed by atoms with Crippen molar-refractivity contribution in [2.45, 2.75) is 6.04 Å². The van der Waals surface area contributed by atoms with E-state index < -0.39 is 11.3 Å². The van der Waals surface area contributed by atoms with Crippen LogP contribution in [0.2, 0.25) is 5.02 Å². The number of phenolic OH excluding ortho intramolecular Hbond substituents is 1. The third-order valence-electron chi connectivity index (χ3n) is 1.65. The minimum absolute atomic E-state index is 0. The van der Waals surface area contributed by atoms with Gasteiger partial charge in [0.2, 0.25) is 0 Å². The van der Waals surface area contributed by atoms with E-state index in [2.05, 4.69) is 5.73 Å². The molecule has 0 bridgehead atoms. The number of halogens is 3. The molecule has 0 aromatic heterocycles. The maximum absolute atomic E-state index is 10.7. The summed E-state index contributed by atoms with van der Waals surface area (Å²) in [5.41, 5.74) is 4.14. The van der Waals surface area contributed by atoms with Crippen LogP contribution in [0.4, 0.5) is 0 Å². The Bertz CT molecular complexity index is 343. The van der Waals surface area contributed by atoms with Gasteiger partial charge in [0.15, 0.2) is 6.04 Å². The lowest BCUT2D eigenvalue weighted by Gasteiger charge is -2.04. The van der Waals surface area contributed by atoms with E-state index in [4.69, 9.17) is 28.3 Å². The summed E-state index contributed by atoms with van der Waals surface area (Å²) in [6.07, 6.45) is 0. The summed E-state index contributed by atoms with van der Waals surface area (Å²) in [5, 5.41) is 8.72. The summed E-state index contributed by atoms with van der Waals surface area (Å²) in [6.45, 7) is 0. The van der Waals surface area contributed by atoms with Crippen molar-refractivity contribution < 1.29 is 28.0 Å². The molecular formula is C8H8Cl3NO2. The Labute approximate surface area is 97.2 Å². The van der Waals surface area contributed by atoms with Gasteiger partial charge >= 0.3 is 0 Å². The van der Waals surface area contributed by atoms with Gasteiger partial charge < -0.3 is 23.2 Å². The Morgan fingerprint density at radius 3 is 2.50 bits per heavy atom. The molecule has 1 atom stereocenters. The molecule has 0 aliphatic heterocycles. The predicted molar refractivity (Wildman–Crippen MR) is 49.6 cm³/mol. The van der Waals surface area contributed by atoms with Gasteiger partial charge in [0.25, 0.3) is 5.24 Å². The monoisotopic (exact) mass is 255 g/mol. The third kappa shape index (κ3) is 3.03. The molecule has 0 saturated carbocycles. The number of hydrogen-bond acceptors (Lipinski definition) is 2. The average molecular weight is 257 g/mol. The van der Waals surface area contributed by atoms with Gasteiger partial charge in [-0.05, 0) is 29.8 Å². The summed E-state index contributed by atoms with van der Waals surface area (Å²) < 4.78 is 0. The van der Waals surface area contributed by atoms with Gasteiger partial charge in [-0.2, -0.15) is 0 Å². The van der Waals surface area contributed by atoms with Gasteiger partial charge in [0, 0.05) is 5.56 Å². The number of benzene rings is 1. The zero-order valence-electron chi connectivity index (χ0n) is 7.01. The smallest absolute Gasteiger partial charge is 0.283 e. The van der Waals surface area contributed by atoms with Crippen molar-refractivity contribution >= 4 is 28.4 Å². The van der Waals surface area contributed by atoms with Crippen LogP contribution in [0.5, 0.6) is 5.75 Å². The molecule has 4 N–H and O–H groups in total. The fraction of sp³-hybridized carbons (Fsp3) is 0.125. The Morgan fingerprint density at radius 1 is 1.50 bits per heavy atom. The zero-order chi connectivity index (χ0) is 10.0. The number of aromatic hydroxyl groups is 1. The number of hydrogen-bond donors (Lipinski definition) is 2. The molecule has 0 heterocycles. The summed E-state index contributed by atoms with van der Waals surface area (Å²) in [5.74, 6) is -0.0281. The minimum Gasteiger partial charge on any atom is -1.00 e. The molecule has 1 aromatic rings. The Kier molecular flexibility index (Phi) is 5.23. The Hall–Kier alpha value is -0.480. The van der Waals surface area contributed by atoms with E-state index in [1.807, 2.05) is 0 Å². The first-order valence-electron chi connectivity index (χ1n) is 3.53. The highest BCUT2D eigenvalue weighted by Gasteiger charge is 2.17. The number of quaternary nitrogens is 1. The van der Waals surface area contributed by atoms with Crippen molar-refractivity contribution in [1.29, 1.82) is 0 Å². The second kappa shape index (κ2) is 5.41. The van der Waals surface area contributed by atoms with E-state index in [1.165, 1.54) is 12.1 Å². The van der Waals surface area contributed by atoms with Gasteiger partial charge in [0.05, 0.1) is 5.02 Å². The lowest BCUT2D eigenvalue weighted by Crippen LogP contribution is -3.00. The normalized spacial score (nSPS) is 11.6. The van der Waals surface area contributed by atoms with Crippen molar-refractivity contribution in [3.63, 3.8) is 0 Å². The van der Waals surface area contributed by atoms with Crippen molar-refractivity contribution in [2.24, 2.45) is 0 Å². The van der Waals surface area contributed by atoms with Crippen molar-refractivity contribution in [3.05, 3.63) is 28.8 Å². The van der Waals surface area contributed by atoms with Crippen molar-refractivity contribution in [3.8, 4) is 5.75 Å². The van der Waals surface area contributed by atoms with Gasteiger partial charge in [-0.15, -0.1) is 0 Å². The molecule has 0 fully saturated rings. The van der Waals surface area contributed by atoms with Gasteiger partial charge in [-0.1, -0.05) is 11.6 Å². The van der Waals surface area contributed by atoms with Crippen molar-refractivity contribution in [2.75, 3.05) is 0 Å². The molecule has 78 valence electrons. The molecule has 3 nitrogen and oxygen atoms in total. The van der Waals surface area contributed by atoms with E-state index in [1.54, 1.807) is 6.07 Å². The third-order valence-corrected chi connectivity index (χ3v) is 2.21. The van der Waals surface area contributed by atoms with Gasteiger partial charge in [0.1, 0.15) is 5.75 Å². The summed E-state index contributed by atoms with van der Waals surface area (Å²) >= 11 is 10.9. The second-order valence-corrected chi connectivity index (χ2v) is 3.35. The first-order chi connectivity index (χ1) is 6.02. The topological polar surface area (TPSA) is 64.9 Å². The first kappa shape index (κ1) is 13.5. The van der Waals surface area contributed by atoms with E-state index in [0.717, 1.165) is 0 Å². The molecule has 0 aliphatic rings. The summed E-state index contributed by atoms with van der Waals surface area (Å²) in [6, 6.07) is 3.77. The van der Waals surface area contributed by atoms with Crippen LogP contribution < -0.4 is 18.1 Å². The van der Waals surface area contributed by atoms with Crippen LogP contribution >= 0.6 is 23.2 Å². The molecular weight excluding hydrogens is 248 g/mol. The number of phenols is 1. The maximum Gasteiger partial charge on any atom is 0.283 e. The minimum atomic E-state index is -0.653. The van der Waals surface area contributed by atoms with Crippen LogP contribution in [-0.4, -0.2) is 10.3 Å². The van der Waals surface area contributed by atoms with Gasteiger partial charge in [-0.25, -0.2) is 0 Å². The Morgan fingerprint density at radius 2 is 2.07 bits per heavy atom. The molecule has 1 unspecified atom stereocenters. The number of rotatable bonds is 2. The summed E-state index contributed by atoms with van der Waals surface area (Å²) in [7, 11) is 0. The SMILES string of the molecule is [Cl-].[NH3+]C(C(=O)Cl)c1ccc(O)c(Cl)c1. The molecule has 1 rings (SSSR count). The molecule has 0 spiro atoms. The van der Waals surface area contributed by atoms with E-state index in [0.29, 0.717) is 5.56 Å². The molecule has 0 radical (unpaired) electrons. The van der Waals surface area contributed by atoms with Crippen LogP contribution in [0.25, 0.3) is 0 Å². The summed E-state index contributed by atoms with van der Waals surface area (Å²) in [4.78, 5) is 10.7. The van der Waals surface area contributed by atoms with Crippen LogP contribution in [-0.2, 0) is 4.79 Å². The average Bonchev–Trinajstić information content (AvgIpc) is 2.08. The lowest BCUT2D eigenvalue weighted by molar-refractivity contribution is -0.407. The van der Waals surface area contributed by atoms with Crippen LogP contribution in [0, 0.1) is 0 Å². The van der Waals surface area contributed by atoms with E-state index in [-0.39, 0.29) is 23.2 Å². The van der Waals surface area contributed by atoms with Crippen LogP contribution in [0.1, 0.15) is 11.6 Å². The zero-order valence-corrected chi connectivity index (χ0v) is 9.27. The van der Waals surface area contributed by atoms with Gasteiger partial charge in [-0.3, -0.25) is 4.79 Å². The first-order valence-corrected chi connectivity index (χ1v) is 4.29. The molecule has 14 heavy (non-hydrogen) atoms.